The summed E-state index contributed by atoms with van der Waals surface area (Å²) in [4.78, 5) is 10.8. The second-order valence-corrected chi connectivity index (χ2v) is 4.72. The van der Waals surface area contributed by atoms with E-state index in [-0.39, 0.29) is 11.9 Å². The first-order valence-electron chi connectivity index (χ1n) is 5.89. The highest BCUT2D eigenvalue weighted by Gasteiger charge is 2.37. The fraction of sp³-hybridized carbons (Fsp3) is 0.417. The zero-order valence-electron chi connectivity index (χ0n) is 9.81. The molecule has 7 heteroatoms. The van der Waals surface area contributed by atoms with E-state index in [1.807, 2.05) is 0 Å². The molecule has 0 amide bonds. The SMILES string of the molecule is O=Cc1ccn2c(CC3CC3)nnc2c1C(F)(F)F. The number of fused-ring (bicyclic) bond motifs is 1. The van der Waals surface area contributed by atoms with Crippen LogP contribution in [0, 0.1) is 5.92 Å². The van der Waals surface area contributed by atoms with E-state index < -0.39 is 17.3 Å². The van der Waals surface area contributed by atoms with E-state index >= 15 is 0 Å². The molecule has 0 aliphatic heterocycles. The Morgan fingerprint density at radius 3 is 2.68 bits per heavy atom. The van der Waals surface area contributed by atoms with Crippen LogP contribution in [0.25, 0.3) is 5.65 Å². The lowest BCUT2D eigenvalue weighted by atomic mass is 10.1. The smallest absolute Gasteiger partial charge is 0.298 e. The largest absolute Gasteiger partial charge is 0.420 e. The van der Waals surface area contributed by atoms with E-state index in [1.165, 1.54) is 10.6 Å². The molecule has 100 valence electrons. The van der Waals surface area contributed by atoms with Gasteiger partial charge in [-0.25, -0.2) is 0 Å². The molecule has 0 radical (unpaired) electrons. The van der Waals surface area contributed by atoms with Gasteiger partial charge in [-0.2, -0.15) is 13.2 Å². The minimum atomic E-state index is -4.62. The van der Waals surface area contributed by atoms with Crippen molar-refractivity contribution in [2.45, 2.75) is 25.4 Å². The molecule has 3 rings (SSSR count). The Balaban J connectivity index is 2.19. The van der Waals surface area contributed by atoms with E-state index in [0.29, 0.717) is 18.2 Å². The number of nitrogens with zero attached hydrogens (tertiary/aromatic N) is 3. The van der Waals surface area contributed by atoms with Gasteiger partial charge >= 0.3 is 6.18 Å². The van der Waals surface area contributed by atoms with Gasteiger partial charge in [-0.1, -0.05) is 0 Å². The Kier molecular flexibility index (Phi) is 2.58. The number of aldehydes is 1. The Labute approximate surface area is 106 Å². The average Bonchev–Trinajstić information content (AvgIpc) is 3.07. The zero-order valence-corrected chi connectivity index (χ0v) is 9.81. The highest BCUT2D eigenvalue weighted by Crippen LogP contribution is 2.36. The van der Waals surface area contributed by atoms with E-state index in [0.717, 1.165) is 18.9 Å². The minimum Gasteiger partial charge on any atom is -0.298 e. The molecular weight excluding hydrogens is 259 g/mol. The fourth-order valence-electron chi connectivity index (χ4n) is 2.13. The summed E-state index contributed by atoms with van der Waals surface area (Å²) in [6.07, 6.45) is -0.230. The molecule has 1 fully saturated rings. The summed E-state index contributed by atoms with van der Waals surface area (Å²) in [5.41, 5.74) is -1.72. The lowest BCUT2D eigenvalue weighted by Gasteiger charge is -2.10. The summed E-state index contributed by atoms with van der Waals surface area (Å²) in [6, 6.07) is 1.16. The predicted octanol–water partition coefficient (Wildman–Crippen LogP) is 2.51. The summed E-state index contributed by atoms with van der Waals surface area (Å²) in [5.74, 6) is 1.01. The maximum atomic E-state index is 13.0. The van der Waals surface area contributed by atoms with Crippen LogP contribution in [0.3, 0.4) is 0 Å². The van der Waals surface area contributed by atoms with Crippen LogP contribution in [-0.2, 0) is 12.6 Å². The van der Waals surface area contributed by atoms with Gasteiger partial charge in [0.2, 0.25) is 0 Å². The number of hydrogen-bond donors (Lipinski definition) is 0. The van der Waals surface area contributed by atoms with Crippen molar-refractivity contribution < 1.29 is 18.0 Å². The molecule has 0 unspecified atom stereocenters. The first-order chi connectivity index (χ1) is 9.00. The van der Waals surface area contributed by atoms with Crippen molar-refractivity contribution in [3.63, 3.8) is 0 Å². The molecular formula is C12H10F3N3O. The molecule has 0 atom stereocenters. The first-order valence-corrected chi connectivity index (χ1v) is 5.89. The van der Waals surface area contributed by atoms with Crippen molar-refractivity contribution in [2.24, 2.45) is 5.92 Å². The second kappa shape index (κ2) is 4.04. The van der Waals surface area contributed by atoms with Crippen molar-refractivity contribution in [2.75, 3.05) is 0 Å². The third kappa shape index (κ3) is 2.09. The van der Waals surface area contributed by atoms with Crippen LogP contribution in [0.5, 0.6) is 0 Å². The van der Waals surface area contributed by atoms with Crippen LogP contribution in [-0.4, -0.2) is 20.9 Å². The number of alkyl halides is 3. The number of pyridine rings is 1. The van der Waals surface area contributed by atoms with Crippen molar-refractivity contribution in [1.82, 2.24) is 14.6 Å². The third-order valence-corrected chi connectivity index (χ3v) is 3.26. The zero-order chi connectivity index (χ0) is 13.6. The van der Waals surface area contributed by atoms with Gasteiger partial charge in [-0.3, -0.25) is 9.20 Å². The van der Waals surface area contributed by atoms with E-state index in [9.17, 15) is 18.0 Å². The summed E-state index contributed by atoms with van der Waals surface area (Å²) >= 11 is 0. The first kappa shape index (κ1) is 12.1. The maximum absolute atomic E-state index is 13.0. The van der Waals surface area contributed by atoms with Crippen molar-refractivity contribution in [3.05, 3.63) is 29.2 Å². The average molecular weight is 269 g/mol. The summed E-state index contributed by atoms with van der Waals surface area (Å²) < 4.78 is 40.4. The van der Waals surface area contributed by atoms with Crippen LogP contribution in [0.1, 0.15) is 34.6 Å². The maximum Gasteiger partial charge on any atom is 0.420 e. The molecule has 4 nitrogen and oxygen atoms in total. The topological polar surface area (TPSA) is 47.3 Å². The van der Waals surface area contributed by atoms with Gasteiger partial charge in [-0.05, 0) is 24.8 Å². The van der Waals surface area contributed by atoms with E-state index in [4.69, 9.17) is 0 Å². The molecule has 1 aliphatic rings. The van der Waals surface area contributed by atoms with Crippen LogP contribution in [0.2, 0.25) is 0 Å². The lowest BCUT2D eigenvalue weighted by Crippen LogP contribution is -2.12. The van der Waals surface area contributed by atoms with Crippen LogP contribution >= 0.6 is 0 Å². The molecule has 19 heavy (non-hydrogen) atoms. The minimum absolute atomic E-state index is 0.193. The Hall–Kier alpha value is -1.92. The lowest BCUT2D eigenvalue weighted by molar-refractivity contribution is -0.136. The number of hydrogen-bond acceptors (Lipinski definition) is 3. The molecule has 0 bridgehead atoms. The third-order valence-electron chi connectivity index (χ3n) is 3.26. The summed E-state index contributed by atoms with van der Waals surface area (Å²) in [6.45, 7) is 0. The predicted molar refractivity (Wildman–Crippen MR) is 59.8 cm³/mol. The normalized spacial score (nSPS) is 15.9. The van der Waals surface area contributed by atoms with E-state index in [1.54, 1.807) is 0 Å². The quantitative estimate of drug-likeness (QED) is 0.804. The molecule has 0 aromatic carbocycles. The second-order valence-electron chi connectivity index (χ2n) is 4.72. The van der Waals surface area contributed by atoms with Gasteiger partial charge in [0.15, 0.2) is 11.9 Å². The molecule has 0 spiro atoms. The highest BCUT2D eigenvalue weighted by atomic mass is 19.4. The highest BCUT2D eigenvalue weighted by molar-refractivity contribution is 5.81. The number of aromatic nitrogens is 3. The van der Waals surface area contributed by atoms with Crippen molar-refractivity contribution >= 4 is 11.9 Å². The summed E-state index contributed by atoms with van der Waals surface area (Å²) in [5, 5.41) is 7.43. The van der Waals surface area contributed by atoms with Gasteiger partial charge < -0.3 is 0 Å². The molecule has 2 heterocycles. The van der Waals surface area contributed by atoms with Crippen LogP contribution in [0.4, 0.5) is 13.2 Å². The Morgan fingerprint density at radius 2 is 2.11 bits per heavy atom. The molecule has 1 saturated carbocycles. The van der Waals surface area contributed by atoms with Crippen molar-refractivity contribution in [3.8, 4) is 0 Å². The summed E-state index contributed by atoms with van der Waals surface area (Å²) in [7, 11) is 0. The monoisotopic (exact) mass is 269 g/mol. The van der Waals surface area contributed by atoms with Gasteiger partial charge in [0.05, 0.1) is 0 Å². The van der Waals surface area contributed by atoms with Gasteiger partial charge in [0.25, 0.3) is 0 Å². The van der Waals surface area contributed by atoms with Crippen LogP contribution in [0.15, 0.2) is 12.3 Å². The number of carbonyl (C=O) groups is 1. The molecule has 1 aliphatic carbocycles. The number of rotatable bonds is 3. The number of carbonyl (C=O) groups excluding carboxylic acids is 1. The molecule has 0 N–H and O–H groups in total. The Bertz CT molecular complexity index is 643. The fourth-order valence-corrected chi connectivity index (χ4v) is 2.13. The van der Waals surface area contributed by atoms with Gasteiger partial charge in [0, 0.05) is 18.2 Å². The number of halogens is 3. The standard InChI is InChI=1S/C12H10F3N3O/c13-12(14,15)10-8(6-19)3-4-18-9(5-7-1-2-7)16-17-11(10)18/h3-4,6-7H,1-2,5H2. The molecule has 2 aromatic heterocycles. The molecule has 2 aromatic rings. The van der Waals surface area contributed by atoms with E-state index in [2.05, 4.69) is 10.2 Å². The Morgan fingerprint density at radius 1 is 1.37 bits per heavy atom. The molecule has 0 saturated heterocycles. The van der Waals surface area contributed by atoms with Crippen molar-refractivity contribution in [1.29, 1.82) is 0 Å². The van der Waals surface area contributed by atoms with Gasteiger partial charge in [-0.15, -0.1) is 10.2 Å². The van der Waals surface area contributed by atoms with Crippen LogP contribution < -0.4 is 0 Å². The van der Waals surface area contributed by atoms with Gasteiger partial charge in [0.1, 0.15) is 11.4 Å².